The quantitative estimate of drug-likeness (QED) is 0.676. The minimum Gasteiger partial charge on any atom is -0.459 e. The number of nitrogens with zero attached hydrogens (tertiary/aromatic N) is 1. The third-order valence-corrected chi connectivity index (χ3v) is 4.12. The lowest BCUT2D eigenvalue weighted by molar-refractivity contribution is -0.385. The molecule has 1 amide bonds. The molecule has 0 unspecified atom stereocenters. The summed E-state index contributed by atoms with van der Waals surface area (Å²) in [7, 11) is -4.14. The van der Waals surface area contributed by atoms with Gasteiger partial charge in [0.2, 0.25) is 0 Å². The highest BCUT2D eigenvalue weighted by atomic mass is 32.2. The Bertz CT molecular complexity index is 795. The predicted molar refractivity (Wildman–Crippen MR) is 71.2 cm³/mol. The van der Waals surface area contributed by atoms with Crippen LogP contribution in [0.2, 0.25) is 0 Å². The van der Waals surface area contributed by atoms with Gasteiger partial charge in [0.15, 0.2) is 5.76 Å². The van der Waals surface area contributed by atoms with Crippen LogP contribution >= 0.6 is 0 Å². The van der Waals surface area contributed by atoms with Gasteiger partial charge in [-0.05, 0) is 30.7 Å². The number of nitro benzene ring substituents is 1. The number of nitrogens with one attached hydrogen (secondary N) is 1. The first-order chi connectivity index (χ1) is 9.81. The van der Waals surface area contributed by atoms with Gasteiger partial charge in [0.05, 0.1) is 16.1 Å². The Morgan fingerprint density at radius 3 is 2.57 bits per heavy atom. The molecule has 1 heterocycles. The fraction of sp³-hybridized carbons (Fsp3) is 0.0833. The van der Waals surface area contributed by atoms with Crippen LogP contribution in [0, 0.1) is 17.0 Å². The maximum Gasteiger partial charge on any atom is 0.300 e. The molecule has 0 atom stereocenters. The van der Waals surface area contributed by atoms with Crippen LogP contribution in [0.25, 0.3) is 0 Å². The molecule has 0 aliphatic carbocycles. The first kappa shape index (κ1) is 14.7. The van der Waals surface area contributed by atoms with Crippen molar-refractivity contribution in [2.45, 2.75) is 11.8 Å². The third-order valence-electron chi connectivity index (χ3n) is 2.63. The van der Waals surface area contributed by atoms with Crippen molar-refractivity contribution in [3.63, 3.8) is 0 Å². The largest absolute Gasteiger partial charge is 0.459 e. The van der Waals surface area contributed by atoms with Crippen LogP contribution in [-0.4, -0.2) is 19.2 Å². The highest BCUT2D eigenvalue weighted by Crippen LogP contribution is 2.21. The van der Waals surface area contributed by atoms with Gasteiger partial charge in [0.1, 0.15) is 0 Å². The van der Waals surface area contributed by atoms with E-state index in [0.29, 0.717) is 0 Å². The second kappa shape index (κ2) is 5.37. The van der Waals surface area contributed by atoms with Crippen molar-refractivity contribution in [3.05, 3.63) is 58.0 Å². The van der Waals surface area contributed by atoms with Gasteiger partial charge in [-0.2, -0.15) is 0 Å². The number of aryl methyl sites for hydroxylation is 1. The van der Waals surface area contributed by atoms with Gasteiger partial charge in [-0.25, -0.2) is 13.1 Å². The number of carbonyl (C=O) groups excluding carboxylic acids is 1. The number of benzene rings is 1. The second-order valence-electron chi connectivity index (χ2n) is 4.12. The number of non-ortho nitro benzene ring substituents is 1. The maximum absolute atomic E-state index is 12.1. The molecule has 0 aliphatic heterocycles. The summed E-state index contributed by atoms with van der Waals surface area (Å²) in [6.45, 7) is 1.40. The van der Waals surface area contributed by atoms with Crippen molar-refractivity contribution in [3.8, 4) is 0 Å². The first-order valence-corrected chi connectivity index (χ1v) is 7.15. The van der Waals surface area contributed by atoms with Gasteiger partial charge in [0, 0.05) is 12.1 Å². The van der Waals surface area contributed by atoms with Crippen LogP contribution in [0.15, 0.2) is 45.9 Å². The summed E-state index contributed by atoms with van der Waals surface area (Å²) < 4.78 is 30.8. The summed E-state index contributed by atoms with van der Waals surface area (Å²) >= 11 is 0. The van der Waals surface area contributed by atoms with Crippen molar-refractivity contribution in [2.24, 2.45) is 0 Å². The smallest absolute Gasteiger partial charge is 0.300 e. The van der Waals surface area contributed by atoms with Crippen LogP contribution in [-0.2, 0) is 10.0 Å². The Morgan fingerprint density at radius 2 is 2.05 bits per heavy atom. The summed E-state index contributed by atoms with van der Waals surface area (Å²) in [5, 5.41) is 10.6. The molecule has 1 aromatic heterocycles. The number of amides is 1. The van der Waals surface area contributed by atoms with E-state index >= 15 is 0 Å². The number of nitro groups is 1. The Labute approximate surface area is 119 Å². The average Bonchev–Trinajstić information content (AvgIpc) is 2.91. The zero-order valence-corrected chi connectivity index (χ0v) is 11.6. The molecule has 0 fully saturated rings. The maximum atomic E-state index is 12.1. The molecule has 0 radical (unpaired) electrons. The normalized spacial score (nSPS) is 11.1. The molecule has 9 heteroatoms. The van der Waals surface area contributed by atoms with Gasteiger partial charge < -0.3 is 4.42 Å². The highest BCUT2D eigenvalue weighted by Gasteiger charge is 2.23. The topological polar surface area (TPSA) is 120 Å². The molecule has 8 nitrogen and oxygen atoms in total. The van der Waals surface area contributed by atoms with Gasteiger partial charge >= 0.3 is 5.91 Å². The number of hydrogen-bond donors (Lipinski definition) is 1. The number of sulfonamides is 1. The molecular formula is C12H10N2O6S. The molecule has 1 aromatic carbocycles. The van der Waals surface area contributed by atoms with E-state index in [1.807, 2.05) is 4.72 Å². The lowest BCUT2D eigenvalue weighted by atomic mass is 10.2. The van der Waals surface area contributed by atoms with E-state index in [1.165, 1.54) is 25.3 Å². The zero-order valence-electron chi connectivity index (χ0n) is 10.8. The number of furan rings is 1. The second-order valence-corrected chi connectivity index (χ2v) is 5.77. The highest BCUT2D eigenvalue weighted by molar-refractivity contribution is 7.90. The molecule has 0 saturated carbocycles. The minimum atomic E-state index is -4.14. The summed E-state index contributed by atoms with van der Waals surface area (Å²) in [4.78, 5) is 21.5. The molecule has 0 bridgehead atoms. The average molecular weight is 310 g/mol. The Balaban J connectivity index is 2.32. The van der Waals surface area contributed by atoms with E-state index in [9.17, 15) is 23.3 Å². The SMILES string of the molecule is Cc1cc([N+](=O)[O-])ccc1S(=O)(=O)NC(=O)c1ccco1. The fourth-order valence-electron chi connectivity index (χ4n) is 1.68. The van der Waals surface area contributed by atoms with Crippen molar-refractivity contribution in [2.75, 3.05) is 0 Å². The zero-order chi connectivity index (χ0) is 15.6. The van der Waals surface area contributed by atoms with Crippen LogP contribution in [0.5, 0.6) is 0 Å². The fourth-order valence-corrected chi connectivity index (χ4v) is 2.87. The van der Waals surface area contributed by atoms with E-state index in [0.717, 1.165) is 18.2 Å². The molecule has 2 rings (SSSR count). The van der Waals surface area contributed by atoms with E-state index in [-0.39, 0.29) is 21.9 Å². The lowest BCUT2D eigenvalue weighted by Crippen LogP contribution is -2.30. The van der Waals surface area contributed by atoms with Crippen LogP contribution in [0.1, 0.15) is 16.1 Å². The molecular weight excluding hydrogens is 300 g/mol. The van der Waals surface area contributed by atoms with E-state index in [4.69, 9.17) is 4.42 Å². The molecule has 0 aliphatic rings. The summed E-state index contributed by atoms with van der Waals surface area (Å²) in [6.07, 6.45) is 1.23. The summed E-state index contributed by atoms with van der Waals surface area (Å²) in [6, 6.07) is 6.00. The molecule has 0 spiro atoms. The third kappa shape index (κ3) is 3.08. The van der Waals surface area contributed by atoms with Gasteiger partial charge in [-0.3, -0.25) is 14.9 Å². The van der Waals surface area contributed by atoms with Crippen molar-refractivity contribution < 1.29 is 22.6 Å². The number of carbonyl (C=O) groups is 1. The monoisotopic (exact) mass is 310 g/mol. The molecule has 1 N–H and O–H groups in total. The minimum absolute atomic E-state index is 0.155. The van der Waals surface area contributed by atoms with Crippen molar-refractivity contribution in [1.82, 2.24) is 4.72 Å². The summed E-state index contributed by atoms with van der Waals surface area (Å²) in [5.74, 6) is -1.07. The van der Waals surface area contributed by atoms with Gasteiger partial charge in [-0.15, -0.1) is 0 Å². The first-order valence-electron chi connectivity index (χ1n) is 5.67. The molecule has 110 valence electrons. The lowest BCUT2D eigenvalue weighted by Gasteiger charge is -2.08. The van der Waals surface area contributed by atoms with Crippen molar-refractivity contribution >= 4 is 21.6 Å². The van der Waals surface area contributed by atoms with Crippen molar-refractivity contribution in [1.29, 1.82) is 0 Å². The molecule has 21 heavy (non-hydrogen) atoms. The Kier molecular flexibility index (Phi) is 3.76. The molecule has 2 aromatic rings. The van der Waals surface area contributed by atoms with Crippen LogP contribution in [0.3, 0.4) is 0 Å². The summed E-state index contributed by atoms with van der Waals surface area (Å²) in [5.41, 5.74) is -0.0762. The van der Waals surface area contributed by atoms with Crippen LogP contribution in [0.4, 0.5) is 5.69 Å². The Hall–Kier alpha value is -2.68. The van der Waals surface area contributed by atoms with E-state index in [2.05, 4.69) is 0 Å². The number of hydrogen-bond acceptors (Lipinski definition) is 6. The predicted octanol–water partition coefficient (Wildman–Crippen LogP) is 1.61. The van der Waals surface area contributed by atoms with E-state index in [1.54, 1.807) is 0 Å². The molecule has 0 saturated heterocycles. The van der Waals surface area contributed by atoms with Gasteiger partial charge in [-0.1, -0.05) is 0 Å². The Morgan fingerprint density at radius 1 is 1.33 bits per heavy atom. The van der Waals surface area contributed by atoms with E-state index < -0.39 is 20.9 Å². The van der Waals surface area contributed by atoms with Gasteiger partial charge in [0.25, 0.3) is 15.7 Å². The van der Waals surface area contributed by atoms with Crippen LogP contribution < -0.4 is 4.72 Å². The number of rotatable bonds is 4. The standard InChI is InChI=1S/C12H10N2O6S/c1-8-7-9(14(16)17)4-5-11(8)21(18,19)13-12(15)10-3-2-6-20-10/h2-7H,1H3,(H,13,15).